The number of epoxide rings is 1. The summed E-state index contributed by atoms with van der Waals surface area (Å²) >= 11 is 0. The molecule has 68 heavy (non-hydrogen) atoms. The SMILES string of the molecule is CC(C)C[C@H](NC(=O)[C@H](CCc1ccccc1)CC(=O)C[N+]1(COC(=O)c2ccc(-c3cn(C)nn3)cc2)CCOCC1)C(=O)C[C@@H](Cc1ccccc1)C(=O)N[C@@H](CC(C)C)C(=O)[C@@]1(C)CO1. The molecular formula is C53H69N6O9+. The second-order valence-corrected chi connectivity index (χ2v) is 19.8. The summed E-state index contributed by atoms with van der Waals surface area (Å²) in [5.74, 6) is -3.50. The van der Waals surface area contributed by atoms with Gasteiger partial charge in [0, 0.05) is 37.3 Å². The lowest BCUT2D eigenvalue weighted by molar-refractivity contribution is -0.943. The van der Waals surface area contributed by atoms with Gasteiger partial charge in [-0.3, -0.25) is 33.1 Å². The maximum absolute atomic E-state index is 14.5. The maximum Gasteiger partial charge on any atom is 0.342 e. The van der Waals surface area contributed by atoms with Crippen molar-refractivity contribution < 1.29 is 47.5 Å². The highest BCUT2D eigenvalue weighted by molar-refractivity contribution is 5.98. The quantitative estimate of drug-likeness (QED) is 0.0434. The van der Waals surface area contributed by atoms with Crippen LogP contribution in [-0.4, -0.2) is 118 Å². The van der Waals surface area contributed by atoms with Crippen molar-refractivity contribution in [1.82, 2.24) is 25.6 Å². The molecule has 15 nitrogen and oxygen atoms in total. The molecule has 0 radical (unpaired) electrons. The number of hydrogen-bond donors (Lipinski definition) is 2. The zero-order valence-electron chi connectivity index (χ0n) is 40.5. The van der Waals surface area contributed by atoms with Gasteiger partial charge in [-0.15, -0.1) is 5.10 Å². The number of ether oxygens (including phenoxy) is 3. The van der Waals surface area contributed by atoms with Gasteiger partial charge >= 0.3 is 5.97 Å². The Bertz CT molecular complexity index is 2320. The highest BCUT2D eigenvalue weighted by Gasteiger charge is 2.50. The molecule has 1 aromatic heterocycles. The van der Waals surface area contributed by atoms with Gasteiger partial charge in [-0.1, -0.05) is 106 Å². The third-order valence-corrected chi connectivity index (χ3v) is 12.9. The number of nitrogens with zero attached hydrogens (tertiary/aromatic N) is 4. The summed E-state index contributed by atoms with van der Waals surface area (Å²) in [4.78, 5) is 84.4. The van der Waals surface area contributed by atoms with Crippen molar-refractivity contribution in [2.24, 2.45) is 30.7 Å². The van der Waals surface area contributed by atoms with Crippen molar-refractivity contribution in [3.8, 4) is 11.3 Å². The fourth-order valence-electron chi connectivity index (χ4n) is 8.81. The van der Waals surface area contributed by atoms with Gasteiger partial charge in [0.05, 0.1) is 43.7 Å². The first-order chi connectivity index (χ1) is 32.5. The maximum atomic E-state index is 14.5. The number of aromatic nitrogens is 3. The summed E-state index contributed by atoms with van der Waals surface area (Å²) in [6.07, 6.45) is 3.38. The van der Waals surface area contributed by atoms with Crippen LogP contribution in [0.1, 0.15) is 88.2 Å². The first-order valence-corrected chi connectivity index (χ1v) is 24.0. The first kappa shape index (κ1) is 51.5. The second kappa shape index (κ2) is 23.9. The molecule has 0 bridgehead atoms. The average molecular weight is 934 g/mol. The number of Topliss-reactive ketones (excluding diaryl/α,β-unsaturated/α-hetero) is 3. The highest BCUT2D eigenvalue weighted by Crippen LogP contribution is 2.30. The van der Waals surface area contributed by atoms with Crippen LogP contribution in [-0.2, 0) is 58.1 Å². The predicted octanol–water partition coefficient (Wildman–Crippen LogP) is 5.89. The number of quaternary nitrogens is 1. The van der Waals surface area contributed by atoms with E-state index >= 15 is 0 Å². The van der Waals surface area contributed by atoms with E-state index in [4.69, 9.17) is 14.2 Å². The number of carbonyl (C=O) groups excluding carboxylic acids is 6. The van der Waals surface area contributed by atoms with Gasteiger partial charge in [0.15, 0.2) is 17.3 Å². The summed E-state index contributed by atoms with van der Waals surface area (Å²) in [7, 11) is 1.78. The number of amides is 2. The Hall–Kier alpha value is -5.90. The number of morpholine rings is 1. The third-order valence-electron chi connectivity index (χ3n) is 12.9. The minimum absolute atomic E-state index is 0.00637. The molecule has 0 aliphatic carbocycles. The molecule has 364 valence electrons. The van der Waals surface area contributed by atoms with E-state index in [2.05, 4.69) is 20.9 Å². The molecule has 0 saturated carbocycles. The van der Waals surface area contributed by atoms with Crippen molar-refractivity contribution in [2.45, 2.75) is 97.2 Å². The van der Waals surface area contributed by atoms with Gasteiger partial charge in [0.25, 0.3) is 0 Å². The van der Waals surface area contributed by atoms with Crippen LogP contribution >= 0.6 is 0 Å². The zero-order valence-corrected chi connectivity index (χ0v) is 40.5. The molecule has 2 fully saturated rings. The van der Waals surface area contributed by atoms with Crippen LogP contribution < -0.4 is 10.6 Å². The minimum Gasteiger partial charge on any atom is -0.411 e. The van der Waals surface area contributed by atoms with E-state index in [-0.39, 0.29) is 66.2 Å². The van der Waals surface area contributed by atoms with Crippen LogP contribution in [0.25, 0.3) is 11.3 Å². The molecule has 2 aliphatic heterocycles. The van der Waals surface area contributed by atoms with Crippen LogP contribution in [0.3, 0.4) is 0 Å². The number of carbonyl (C=O) groups is 6. The van der Waals surface area contributed by atoms with Gasteiger partial charge in [-0.05, 0) is 74.1 Å². The van der Waals surface area contributed by atoms with Gasteiger partial charge in [-0.25, -0.2) is 4.79 Å². The fraction of sp³-hybridized carbons (Fsp3) is 0.509. The summed E-state index contributed by atoms with van der Waals surface area (Å²) in [5, 5.41) is 14.1. The van der Waals surface area contributed by atoms with E-state index in [9.17, 15) is 28.8 Å². The number of benzene rings is 3. The van der Waals surface area contributed by atoms with Gasteiger partial charge in [0.1, 0.15) is 30.9 Å². The molecule has 3 heterocycles. The third kappa shape index (κ3) is 15.1. The number of esters is 1. The molecule has 15 heteroatoms. The highest BCUT2D eigenvalue weighted by atomic mass is 16.6. The first-order valence-electron chi connectivity index (χ1n) is 24.0. The van der Waals surface area contributed by atoms with Crippen LogP contribution in [0.5, 0.6) is 0 Å². The Morgan fingerprint density at radius 2 is 1.37 bits per heavy atom. The van der Waals surface area contributed by atoms with Crippen LogP contribution in [0, 0.1) is 23.7 Å². The lowest BCUT2D eigenvalue weighted by atomic mass is 9.87. The van der Waals surface area contributed by atoms with E-state index in [1.54, 1.807) is 49.1 Å². The van der Waals surface area contributed by atoms with Crippen molar-refractivity contribution in [1.29, 1.82) is 0 Å². The standard InChI is InChI=1S/C53H68N6O9/c1-36(2)27-45(48(61)31-43(29-39-15-11-8-12-16-39)51(64)55-46(28-37(3)4)49(62)53(5)34-68-53)54-50(63)42(18-17-38-13-9-7-10-14-38)30-44(60)33-59(23-25-66-26-24-59)35-67-52(65)41-21-19-40(20-22-41)47-32-58(6)57-56-47/h7-16,19-22,32,36-37,42-43,45-46H,17-18,23-31,33-35H2,1-6H3,(H-,54,55,63,64)/p+1/t42-,43-,45+,46+,53-/m1/s1. The lowest BCUT2D eigenvalue weighted by Crippen LogP contribution is -2.59. The Balaban J connectivity index is 1.16. The number of rotatable bonds is 26. The number of ketones is 3. The molecule has 5 atom stereocenters. The summed E-state index contributed by atoms with van der Waals surface area (Å²) < 4.78 is 18.8. The molecule has 0 unspecified atom stereocenters. The molecule has 3 aromatic carbocycles. The topological polar surface area (TPSA) is 188 Å². The number of hydrogen-bond acceptors (Lipinski definition) is 11. The molecular weight excluding hydrogens is 865 g/mol. The normalized spacial score (nSPS) is 18.2. The number of nitrogens with one attached hydrogen (secondary N) is 2. The summed E-state index contributed by atoms with van der Waals surface area (Å²) in [5.41, 5.74) is 2.76. The van der Waals surface area contributed by atoms with Gasteiger partial charge < -0.3 is 24.8 Å². The smallest absolute Gasteiger partial charge is 0.342 e. The summed E-state index contributed by atoms with van der Waals surface area (Å²) in [6, 6.07) is 24.3. The average Bonchev–Trinajstić information content (AvgIpc) is 3.93. The van der Waals surface area contributed by atoms with Crippen LogP contribution in [0.15, 0.2) is 91.1 Å². The summed E-state index contributed by atoms with van der Waals surface area (Å²) in [6.45, 7) is 11.5. The zero-order chi connectivity index (χ0) is 48.8. The Morgan fingerprint density at radius 1 is 0.779 bits per heavy atom. The van der Waals surface area contributed by atoms with Crippen molar-refractivity contribution >= 4 is 35.1 Å². The van der Waals surface area contributed by atoms with E-state index < -0.39 is 47.3 Å². The molecule has 2 saturated heterocycles. The monoisotopic (exact) mass is 934 g/mol. The molecule has 2 amide bonds. The van der Waals surface area contributed by atoms with Crippen molar-refractivity contribution in [2.75, 3.05) is 46.2 Å². The van der Waals surface area contributed by atoms with Gasteiger partial charge in [0.2, 0.25) is 18.5 Å². The van der Waals surface area contributed by atoms with Crippen LogP contribution in [0.4, 0.5) is 0 Å². The lowest BCUT2D eigenvalue weighted by Gasteiger charge is -2.39. The Labute approximate surface area is 400 Å². The molecule has 2 N–H and O–H groups in total. The Morgan fingerprint density at radius 3 is 1.96 bits per heavy atom. The molecule has 2 aliphatic rings. The predicted molar refractivity (Wildman–Crippen MR) is 256 cm³/mol. The van der Waals surface area contributed by atoms with Gasteiger partial charge in [-0.2, -0.15) is 0 Å². The molecule has 4 aromatic rings. The molecule has 6 rings (SSSR count). The second-order valence-electron chi connectivity index (χ2n) is 19.8. The minimum atomic E-state index is -0.937. The number of aryl methyl sites for hydroxylation is 2. The largest absolute Gasteiger partial charge is 0.411 e. The van der Waals surface area contributed by atoms with E-state index in [0.29, 0.717) is 69.9 Å². The fourth-order valence-corrected chi connectivity index (χ4v) is 8.81. The van der Waals surface area contributed by atoms with Crippen molar-refractivity contribution in [3.63, 3.8) is 0 Å². The van der Waals surface area contributed by atoms with Crippen molar-refractivity contribution in [3.05, 3.63) is 108 Å². The van der Waals surface area contributed by atoms with Crippen LogP contribution in [0.2, 0.25) is 0 Å². The van der Waals surface area contributed by atoms with E-state index in [1.807, 2.05) is 88.4 Å². The van der Waals surface area contributed by atoms with E-state index in [0.717, 1.165) is 16.7 Å². The molecule has 0 spiro atoms. The van der Waals surface area contributed by atoms with E-state index in [1.165, 1.54) is 0 Å². The Kier molecular flexibility index (Phi) is 18.1.